The van der Waals surface area contributed by atoms with Crippen LogP contribution in [0.3, 0.4) is 0 Å². The first-order valence-corrected chi connectivity index (χ1v) is 11.5. The van der Waals surface area contributed by atoms with Gasteiger partial charge in [-0.25, -0.2) is 4.79 Å². The smallest absolute Gasteiger partial charge is 0.407 e. The van der Waals surface area contributed by atoms with E-state index >= 15 is 0 Å². The lowest BCUT2D eigenvalue weighted by molar-refractivity contribution is -0.152. The van der Waals surface area contributed by atoms with Crippen molar-refractivity contribution >= 4 is 18.0 Å². The van der Waals surface area contributed by atoms with Crippen LogP contribution in [-0.4, -0.2) is 41.3 Å². The lowest BCUT2D eigenvalue weighted by Gasteiger charge is -2.40. The Kier molecular flexibility index (Phi) is 7.05. The van der Waals surface area contributed by atoms with Crippen molar-refractivity contribution in [3.63, 3.8) is 0 Å². The van der Waals surface area contributed by atoms with Crippen LogP contribution in [0.25, 0.3) is 11.1 Å². The molecular weight excluding hydrogens is 432 g/mol. The van der Waals surface area contributed by atoms with E-state index in [1.54, 1.807) is 27.7 Å². The summed E-state index contributed by atoms with van der Waals surface area (Å²) in [6.45, 7) is 10.2. The van der Waals surface area contributed by atoms with Crippen LogP contribution in [0.5, 0.6) is 0 Å². The quantitative estimate of drug-likeness (QED) is 0.529. The summed E-state index contributed by atoms with van der Waals surface area (Å²) in [6, 6.07) is 15.3. The summed E-state index contributed by atoms with van der Waals surface area (Å²) >= 11 is 0. The van der Waals surface area contributed by atoms with E-state index in [1.165, 1.54) is 0 Å². The number of aliphatic carboxylic acids is 1. The fraction of sp³-hybridized carbons (Fsp3) is 0.444. The molecule has 0 saturated heterocycles. The van der Waals surface area contributed by atoms with E-state index in [-0.39, 0.29) is 18.4 Å². The Hall–Kier alpha value is -3.35. The second kappa shape index (κ2) is 9.49. The molecule has 0 bridgehead atoms. The highest BCUT2D eigenvalue weighted by Crippen LogP contribution is 2.44. The first-order valence-electron chi connectivity index (χ1n) is 11.5. The molecule has 3 rings (SSSR count). The number of nitrogens with one attached hydrogen (secondary N) is 2. The number of carbonyl (C=O) groups excluding carboxylic acids is 2. The molecule has 0 heterocycles. The van der Waals surface area contributed by atoms with Gasteiger partial charge in [0.25, 0.3) is 0 Å². The number of amides is 2. The molecule has 1 aliphatic carbocycles. The van der Waals surface area contributed by atoms with Crippen LogP contribution in [-0.2, 0) is 14.3 Å². The van der Waals surface area contributed by atoms with Crippen LogP contribution in [0, 0.1) is 11.3 Å². The van der Waals surface area contributed by atoms with Gasteiger partial charge in [0.05, 0.1) is 11.0 Å². The SMILES string of the molecule is CC(C)C(NC(=O)OCC1c2ccccc2-c2ccccc21)C(=O)NC(C)(C)C(C)(C)C(=O)O. The van der Waals surface area contributed by atoms with Crippen molar-refractivity contribution in [3.8, 4) is 11.1 Å². The highest BCUT2D eigenvalue weighted by molar-refractivity contribution is 5.87. The maximum absolute atomic E-state index is 13.0. The number of benzene rings is 2. The van der Waals surface area contributed by atoms with Gasteiger partial charge in [-0.05, 0) is 55.9 Å². The van der Waals surface area contributed by atoms with Crippen molar-refractivity contribution in [2.75, 3.05) is 6.61 Å². The van der Waals surface area contributed by atoms with E-state index < -0.39 is 35.0 Å². The van der Waals surface area contributed by atoms with Crippen molar-refractivity contribution in [2.24, 2.45) is 11.3 Å². The number of carboxylic acids is 1. The van der Waals surface area contributed by atoms with Gasteiger partial charge in [0.2, 0.25) is 5.91 Å². The zero-order valence-corrected chi connectivity index (χ0v) is 20.6. The molecule has 0 aliphatic heterocycles. The molecule has 1 atom stereocenters. The molecule has 7 heteroatoms. The molecule has 0 saturated carbocycles. The van der Waals surface area contributed by atoms with Crippen molar-refractivity contribution in [1.29, 1.82) is 0 Å². The largest absolute Gasteiger partial charge is 0.481 e. The zero-order valence-electron chi connectivity index (χ0n) is 20.6. The predicted octanol–water partition coefficient (Wildman–Crippen LogP) is 4.56. The van der Waals surface area contributed by atoms with Crippen LogP contribution < -0.4 is 10.6 Å². The van der Waals surface area contributed by atoms with Gasteiger partial charge in [0.15, 0.2) is 0 Å². The standard InChI is InChI=1S/C27H34N2O5/c1-16(2)22(23(30)29-27(5,6)26(3,4)24(31)32)28-25(33)34-15-21-19-13-9-7-11-17(19)18-12-8-10-14-20(18)21/h7-14,16,21-22H,15H2,1-6H3,(H,28,33)(H,29,30)(H,31,32). The average Bonchev–Trinajstić information content (AvgIpc) is 3.09. The number of ether oxygens (including phenoxy) is 1. The van der Waals surface area contributed by atoms with E-state index in [9.17, 15) is 19.5 Å². The summed E-state index contributed by atoms with van der Waals surface area (Å²) in [4.78, 5) is 37.4. The minimum absolute atomic E-state index is 0.0835. The fourth-order valence-corrected chi connectivity index (χ4v) is 4.11. The van der Waals surface area contributed by atoms with Crippen molar-refractivity contribution in [2.45, 2.75) is 59.0 Å². The third kappa shape index (κ3) is 4.79. The third-order valence-electron chi connectivity index (χ3n) is 7.10. The molecule has 0 fully saturated rings. The van der Waals surface area contributed by atoms with Crippen molar-refractivity contribution in [3.05, 3.63) is 59.7 Å². The number of hydrogen-bond acceptors (Lipinski definition) is 4. The van der Waals surface area contributed by atoms with Crippen molar-refractivity contribution in [1.82, 2.24) is 10.6 Å². The van der Waals surface area contributed by atoms with E-state index in [1.807, 2.05) is 50.2 Å². The van der Waals surface area contributed by atoms with E-state index in [0.29, 0.717) is 0 Å². The molecular formula is C27H34N2O5. The number of carbonyl (C=O) groups is 3. The molecule has 0 aromatic heterocycles. The van der Waals surface area contributed by atoms with Gasteiger partial charge in [-0.15, -0.1) is 0 Å². The van der Waals surface area contributed by atoms with E-state index in [0.717, 1.165) is 22.3 Å². The number of carboxylic acid groups (broad SMARTS) is 1. The second-order valence-corrected chi connectivity index (χ2v) is 10.2. The normalized spacial score (nSPS) is 14.2. The summed E-state index contributed by atoms with van der Waals surface area (Å²) in [7, 11) is 0. The molecule has 1 unspecified atom stereocenters. The van der Waals surface area contributed by atoms with Crippen LogP contribution in [0.2, 0.25) is 0 Å². The molecule has 0 spiro atoms. The summed E-state index contributed by atoms with van der Waals surface area (Å²) < 4.78 is 5.58. The summed E-state index contributed by atoms with van der Waals surface area (Å²) in [5, 5.41) is 15.0. The Balaban J connectivity index is 1.68. The molecule has 7 nitrogen and oxygen atoms in total. The topological polar surface area (TPSA) is 105 Å². The van der Waals surface area contributed by atoms with Gasteiger partial charge in [-0.3, -0.25) is 9.59 Å². The summed E-state index contributed by atoms with van der Waals surface area (Å²) in [6.07, 6.45) is -0.689. The third-order valence-corrected chi connectivity index (χ3v) is 7.10. The van der Waals surface area contributed by atoms with Crippen LogP contribution >= 0.6 is 0 Å². The van der Waals surface area contributed by atoms with Gasteiger partial charge in [-0.1, -0.05) is 62.4 Å². The van der Waals surface area contributed by atoms with Gasteiger partial charge in [0, 0.05) is 5.92 Å². The van der Waals surface area contributed by atoms with Gasteiger partial charge in [0.1, 0.15) is 12.6 Å². The van der Waals surface area contributed by atoms with Crippen molar-refractivity contribution < 1.29 is 24.2 Å². The molecule has 0 radical (unpaired) electrons. The molecule has 2 aromatic carbocycles. The lowest BCUT2D eigenvalue weighted by atomic mass is 9.74. The Bertz CT molecular complexity index is 1040. The van der Waals surface area contributed by atoms with Crippen LogP contribution in [0.1, 0.15) is 58.6 Å². The predicted molar refractivity (Wildman–Crippen MR) is 130 cm³/mol. The molecule has 2 aromatic rings. The number of alkyl carbamates (subject to hydrolysis) is 1. The van der Waals surface area contributed by atoms with Gasteiger partial charge in [-0.2, -0.15) is 0 Å². The zero-order chi connectivity index (χ0) is 25.3. The monoisotopic (exact) mass is 466 g/mol. The van der Waals surface area contributed by atoms with E-state index in [4.69, 9.17) is 4.74 Å². The number of fused-ring (bicyclic) bond motifs is 3. The summed E-state index contributed by atoms with van der Waals surface area (Å²) in [5.41, 5.74) is 2.21. The maximum Gasteiger partial charge on any atom is 0.407 e. The van der Waals surface area contributed by atoms with Crippen LogP contribution in [0.4, 0.5) is 4.79 Å². The lowest BCUT2D eigenvalue weighted by Crippen LogP contribution is -2.61. The highest BCUT2D eigenvalue weighted by Gasteiger charge is 2.45. The van der Waals surface area contributed by atoms with Gasteiger partial charge >= 0.3 is 12.1 Å². The number of hydrogen-bond donors (Lipinski definition) is 3. The first-order chi connectivity index (χ1) is 15.9. The molecule has 3 N–H and O–H groups in total. The van der Waals surface area contributed by atoms with E-state index in [2.05, 4.69) is 22.8 Å². The van der Waals surface area contributed by atoms with Crippen LogP contribution in [0.15, 0.2) is 48.5 Å². The second-order valence-electron chi connectivity index (χ2n) is 10.2. The summed E-state index contributed by atoms with van der Waals surface area (Å²) in [5.74, 6) is -1.80. The Morgan fingerprint density at radius 3 is 1.91 bits per heavy atom. The maximum atomic E-state index is 13.0. The molecule has 1 aliphatic rings. The highest BCUT2D eigenvalue weighted by atomic mass is 16.5. The number of rotatable bonds is 8. The molecule has 182 valence electrons. The average molecular weight is 467 g/mol. The fourth-order valence-electron chi connectivity index (χ4n) is 4.11. The Labute approximate surface area is 200 Å². The molecule has 2 amide bonds. The molecule has 34 heavy (non-hydrogen) atoms. The minimum atomic E-state index is -1.21. The first kappa shape index (κ1) is 25.3. The Morgan fingerprint density at radius 2 is 1.44 bits per heavy atom. The van der Waals surface area contributed by atoms with Gasteiger partial charge < -0.3 is 20.5 Å². The Morgan fingerprint density at radius 1 is 0.941 bits per heavy atom. The minimum Gasteiger partial charge on any atom is -0.481 e.